The van der Waals surface area contributed by atoms with Crippen LogP contribution in [-0.2, 0) is 6.54 Å². The molecule has 0 N–H and O–H groups in total. The van der Waals surface area contributed by atoms with E-state index in [4.69, 9.17) is 0 Å². The van der Waals surface area contributed by atoms with Crippen LogP contribution in [0.3, 0.4) is 0 Å². The second-order valence-corrected chi connectivity index (χ2v) is 2.32. The number of isothiocyanates is 1. The number of rotatable bonds is 2. The monoisotopic (exact) mass is 167 g/mol. The Morgan fingerprint density at radius 1 is 1.82 bits per heavy atom. The zero-order valence-electron chi connectivity index (χ0n) is 6.53. The van der Waals surface area contributed by atoms with Crippen LogP contribution in [0.4, 0.5) is 5.69 Å². The van der Waals surface area contributed by atoms with Gasteiger partial charge in [0.15, 0.2) is 0 Å². The van der Waals surface area contributed by atoms with Gasteiger partial charge in [-0.3, -0.25) is 4.68 Å². The molecule has 1 heterocycles. The molecule has 0 aliphatic heterocycles. The van der Waals surface area contributed by atoms with Crippen molar-refractivity contribution in [3.05, 3.63) is 11.9 Å². The van der Waals surface area contributed by atoms with Crippen molar-refractivity contribution in [3.63, 3.8) is 0 Å². The number of nitrogens with zero attached hydrogens (tertiary/aromatic N) is 3. The Kier molecular flexibility index (Phi) is 2.52. The number of aryl methyl sites for hydroxylation is 1. The minimum atomic E-state index is 0.807. The highest BCUT2D eigenvalue weighted by molar-refractivity contribution is 7.78. The van der Waals surface area contributed by atoms with Gasteiger partial charge in [0.25, 0.3) is 0 Å². The van der Waals surface area contributed by atoms with Gasteiger partial charge in [-0.1, -0.05) is 0 Å². The van der Waals surface area contributed by atoms with Crippen LogP contribution in [0.15, 0.2) is 11.2 Å². The van der Waals surface area contributed by atoms with Gasteiger partial charge in [-0.25, -0.2) is 0 Å². The molecule has 0 aromatic carbocycles. The first kappa shape index (κ1) is 8.11. The lowest BCUT2D eigenvalue weighted by Gasteiger charge is -1.96. The van der Waals surface area contributed by atoms with Crippen molar-refractivity contribution in [3.8, 4) is 0 Å². The van der Waals surface area contributed by atoms with E-state index in [1.54, 1.807) is 6.20 Å². The summed E-state index contributed by atoms with van der Waals surface area (Å²) in [5, 5.41) is 6.41. The molecular weight excluding hydrogens is 158 g/mol. The molecular formula is C7H9N3S. The van der Waals surface area contributed by atoms with Gasteiger partial charge in [0, 0.05) is 6.54 Å². The van der Waals surface area contributed by atoms with E-state index in [-0.39, 0.29) is 0 Å². The van der Waals surface area contributed by atoms with Crippen molar-refractivity contribution < 1.29 is 0 Å². The number of aromatic nitrogens is 2. The van der Waals surface area contributed by atoms with Crippen LogP contribution in [-0.4, -0.2) is 14.9 Å². The van der Waals surface area contributed by atoms with Crippen LogP contribution in [0.2, 0.25) is 0 Å². The van der Waals surface area contributed by atoms with Crippen LogP contribution in [0, 0.1) is 6.92 Å². The Balaban J connectivity index is 3.09. The lowest BCUT2D eigenvalue weighted by molar-refractivity contribution is 0.640. The zero-order valence-corrected chi connectivity index (χ0v) is 7.35. The molecule has 1 aromatic rings. The standard InChI is InChI=1S/C7H9N3S/c1-3-10-6(2)7(4-9-10)8-5-11/h4H,3H2,1-2H3. The fraction of sp³-hybridized carbons (Fsp3) is 0.429. The molecule has 0 saturated carbocycles. The van der Waals surface area contributed by atoms with Gasteiger partial charge in [0.2, 0.25) is 0 Å². The van der Waals surface area contributed by atoms with Gasteiger partial charge in [0.05, 0.1) is 17.1 Å². The maximum absolute atomic E-state index is 4.49. The average molecular weight is 167 g/mol. The van der Waals surface area contributed by atoms with Crippen molar-refractivity contribution in [1.82, 2.24) is 9.78 Å². The Morgan fingerprint density at radius 2 is 2.55 bits per heavy atom. The fourth-order valence-electron chi connectivity index (χ4n) is 0.914. The van der Waals surface area contributed by atoms with Crippen molar-refractivity contribution in [1.29, 1.82) is 0 Å². The van der Waals surface area contributed by atoms with Gasteiger partial charge in [-0.05, 0) is 26.1 Å². The third-order valence-corrected chi connectivity index (χ3v) is 1.63. The predicted octanol–water partition coefficient (Wildman–Crippen LogP) is 1.95. The van der Waals surface area contributed by atoms with Gasteiger partial charge < -0.3 is 0 Å². The molecule has 0 fully saturated rings. The molecule has 0 unspecified atom stereocenters. The van der Waals surface area contributed by atoms with Crippen LogP contribution in [0.5, 0.6) is 0 Å². The summed E-state index contributed by atoms with van der Waals surface area (Å²) in [5.74, 6) is 0. The van der Waals surface area contributed by atoms with Gasteiger partial charge >= 0.3 is 0 Å². The quantitative estimate of drug-likeness (QED) is 0.497. The molecule has 4 heteroatoms. The Bertz CT molecular complexity index is 297. The van der Waals surface area contributed by atoms with Gasteiger partial charge in [-0.15, -0.1) is 0 Å². The van der Waals surface area contributed by atoms with E-state index in [1.807, 2.05) is 18.5 Å². The Labute approximate surface area is 70.8 Å². The minimum absolute atomic E-state index is 0.807. The van der Waals surface area contributed by atoms with Crippen LogP contribution in [0.25, 0.3) is 0 Å². The van der Waals surface area contributed by atoms with E-state index in [2.05, 4.69) is 27.5 Å². The number of thiocarbonyl (C=S) groups is 1. The van der Waals surface area contributed by atoms with E-state index in [1.165, 1.54) is 0 Å². The first-order chi connectivity index (χ1) is 5.29. The first-order valence-electron chi connectivity index (χ1n) is 3.40. The van der Waals surface area contributed by atoms with Gasteiger partial charge in [0.1, 0.15) is 5.69 Å². The molecule has 0 radical (unpaired) electrons. The molecule has 1 aromatic heterocycles. The minimum Gasteiger partial charge on any atom is -0.268 e. The first-order valence-corrected chi connectivity index (χ1v) is 3.80. The summed E-state index contributed by atoms with van der Waals surface area (Å²) in [6, 6.07) is 0. The molecule has 0 aliphatic carbocycles. The van der Waals surface area contributed by atoms with E-state index in [9.17, 15) is 0 Å². The predicted molar refractivity (Wildman–Crippen MR) is 47.3 cm³/mol. The number of aliphatic imine (C=N–C) groups is 1. The summed E-state index contributed by atoms with van der Waals surface area (Å²) >= 11 is 4.49. The summed E-state index contributed by atoms with van der Waals surface area (Å²) < 4.78 is 1.87. The summed E-state index contributed by atoms with van der Waals surface area (Å²) in [7, 11) is 0. The molecule has 0 atom stereocenters. The molecule has 3 nitrogen and oxygen atoms in total. The molecule has 0 bridgehead atoms. The second-order valence-electron chi connectivity index (χ2n) is 2.13. The molecule has 58 valence electrons. The summed E-state index contributed by atoms with van der Waals surface area (Å²) in [6.45, 7) is 4.85. The number of hydrogen-bond acceptors (Lipinski definition) is 3. The summed E-state index contributed by atoms with van der Waals surface area (Å²) in [4.78, 5) is 3.86. The maximum Gasteiger partial charge on any atom is 0.115 e. The molecule has 0 saturated heterocycles. The highest BCUT2D eigenvalue weighted by atomic mass is 32.1. The summed E-state index contributed by atoms with van der Waals surface area (Å²) in [6.07, 6.45) is 1.69. The zero-order chi connectivity index (χ0) is 8.27. The average Bonchev–Trinajstić information content (AvgIpc) is 2.34. The lowest BCUT2D eigenvalue weighted by atomic mass is 10.4. The molecule has 11 heavy (non-hydrogen) atoms. The highest BCUT2D eigenvalue weighted by Gasteiger charge is 2.01. The van der Waals surface area contributed by atoms with Crippen molar-refractivity contribution in [2.24, 2.45) is 4.99 Å². The SMILES string of the molecule is CCn1ncc(N=C=S)c1C. The van der Waals surface area contributed by atoms with Crippen molar-refractivity contribution in [2.45, 2.75) is 20.4 Å². The largest absolute Gasteiger partial charge is 0.268 e. The Morgan fingerprint density at radius 3 is 3.00 bits per heavy atom. The van der Waals surface area contributed by atoms with Crippen molar-refractivity contribution >= 4 is 23.1 Å². The fourth-order valence-corrected chi connectivity index (χ4v) is 1.01. The summed E-state index contributed by atoms with van der Waals surface area (Å²) in [5.41, 5.74) is 1.84. The molecule has 0 amide bonds. The molecule has 1 rings (SSSR count). The number of hydrogen-bond donors (Lipinski definition) is 0. The van der Waals surface area contributed by atoms with Gasteiger partial charge in [-0.2, -0.15) is 10.1 Å². The normalized spacial score (nSPS) is 9.27. The third kappa shape index (κ3) is 1.53. The highest BCUT2D eigenvalue weighted by Crippen LogP contribution is 2.15. The maximum atomic E-state index is 4.49. The lowest BCUT2D eigenvalue weighted by Crippen LogP contribution is -1.97. The van der Waals surface area contributed by atoms with Crippen LogP contribution in [0.1, 0.15) is 12.6 Å². The van der Waals surface area contributed by atoms with E-state index in [0.29, 0.717) is 0 Å². The van der Waals surface area contributed by atoms with Crippen LogP contribution < -0.4 is 0 Å². The molecule has 0 spiro atoms. The van der Waals surface area contributed by atoms with E-state index in [0.717, 1.165) is 17.9 Å². The van der Waals surface area contributed by atoms with E-state index >= 15 is 0 Å². The molecule has 0 aliphatic rings. The smallest absolute Gasteiger partial charge is 0.115 e. The Hall–Kier alpha value is -0.990. The van der Waals surface area contributed by atoms with E-state index < -0.39 is 0 Å². The third-order valence-electron chi connectivity index (χ3n) is 1.54. The van der Waals surface area contributed by atoms with Crippen molar-refractivity contribution in [2.75, 3.05) is 0 Å². The second kappa shape index (κ2) is 3.42. The van der Waals surface area contributed by atoms with Crippen LogP contribution >= 0.6 is 12.2 Å². The topological polar surface area (TPSA) is 30.2 Å².